The monoisotopic (exact) mass is 292 g/mol. The normalized spacial score (nSPS) is 21.0. The Hall–Kier alpha value is -1.48. The van der Waals surface area contributed by atoms with Gasteiger partial charge in [0.15, 0.2) is 0 Å². The van der Waals surface area contributed by atoms with Gasteiger partial charge in [-0.3, -0.25) is 0 Å². The molecule has 3 aromatic carbocycles. The second kappa shape index (κ2) is 4.01. The van der Waals surface area contributed by atoms with Crippen LogP contribution in [0.25, 0.3) is 0 Å². The average molecular weight is 292 g/mol. The van der Waals surface area contributed by atoms with Crippen LogP contribution >= 0.6 is 15.8 Å². The van der Waals surface area contributed by atoms with E-state index >= 15 is 0 Å². The van der Waals surface area contributed by atoms with Crippen LogP contribution in [0.1, 0.15) is 0 Å². The van der Waals surface area contributed by atoms with Crippen LogP contribution in [0.3, 0.4) is 0 Å². The Bertz CT molecular complexity index is 656. The maximum atomic E-state index is 2.38. The second-order valence-corrected chi connectivity index (χ2v) is 10.1. The van der Waals surface area contributed by atoms with Gasteiger partial charge in [0.05, 0.1) is 0 Å². The lowest BCUT2D eigenvalue weighted by atomic mass is 10.3. The fourth-order valence-corrected chi connectivity index (χ4v) is 11.3. The van der Waals surface area contributed by atoms with Crippen molar-refractivity contribution in [1.82, 2.24) is 0 Å². The summed E-state index contributed by atoms with van der Waals surface area (Å²) in [4.78, 5) is 0. The third kappa shape index (κ3) is 1.29. The molecule has 3 aliphatic heterocycles. The Balaban J connectivity index is 1.93. The van der Waals surface area contributed by atoms with E-state index in [2.05, 4.69) is 72.8 Å². The van der Waals surface area contributed by atoms with Gasteiger partial charge >= 0.3 is 0 Å². The fraction of sp³-hybridized carbons (Fsp3) is 0. The molecule has 0 nitrogen and oxygen atoms in total. The van der Waals surface area contributed by atoms with Crippen molar-refractivity contribution in [2.45, 2.75) is 0 Å². The highest BCUT2D eigenvalue weighted by Crippen LogP contribution is 2.49. The highest BCUT2D eigenvalue weighted by molar-refractivity contribution is 7.95. The molecule has 0 saturated carbocycles. The van der Waals surface area contributed by atoms with E-state index in [4.69, 9.17) is 0 Å². The van der Waals surface area contributed by atoms with Gasteiger partial charge in [-0.05, 0) is 36.4 Å². The van der Waals surface area contributed by atoms with Crippen LogP contribution < -0.4 is 31.8 Å². The Morgan fingerprint density at radius 3 is 0.750 bits per heavy atom. The topological polar surface area (TPSA) is 0 Å². The van der Waals surface area contributed by atoms with Crippen LogP contribution in [-0.4, -0.2) is 0 Å². The van der Waals surface area contributed by atoms with Gasteiger partial charge in [-0.2, -0.15) is 0 Å². The van der Waals surface area contributed by atoms with Crippen molar-refractivity contribution in [3.05, 3.63) is 72.8 Å². The minimum atomic E-state index is -0.766. The van der Waals surface area contributed by atoms with E-state index in [1.807, 2.05) is 0 Å². The van der Waals surface area contributed by atoms with Crippen LogP contribution in [0, 0.1) is 0 Å². The smallest absolute Gasteiger partial charge is 0.0580 e. The molecular formula is C18H14P2+2. The molecule has 2 heteroatoms. The van der Waals surface area contributed by atoms with Crippen LogP contribution in [0.4, 0.5) is 0 Å². The predicted octanol–water partition coefficient (Wildman–Crippen LogP) is 1.29. The molecule has 0 fully saturated rings. The molecule has 6 rings (SSSR count). The molecule has 3 heterocycles. The first kappa shape index (κ1) is 11.2. The molecule has 0 atom stereocenters. The highest BCUT2D eigenvalue weighted by Gasteiger charge is 2.53. The van der Waals surface area contributed by atoms with Crippen molar-refractivity contribution in [3.8, 4) is 0 Å². The first-order chi connectivity index (χ1) is 9.95. The van der Waals surface area contributed by atoms with Crippen molar-refractivity contribution >= 4 is 47.7 Å². The van der Waals surface area contributed by atoms with Crippen LogP contribution in [0.5, 0.6) is 0 Å². The molecule has 20 heavy (non-hydrogen) atoms. The van der Waals surface area contributed by atoms with Crippen molar-refractivity contribution in [1.29, 1.82) is 0 Å². The van der Waals surface area contributed by atoms with Gasteiger partial charge in [0.2, 0.25) is 0 Å². The van der Waals surface area contributed by atoms with E-state index < -0.39 is 15.8 Å². The minimum Gasteiger partial charge on any atom is -0.0580 e. The summed E-state index contributed by atoms with van der Waals surface area (Å²) in [6.07, 6.45) is 0. The van der Waals surface area contributed by atoms with Crippen molar-refractivity contribution in [2.24, 2.45) is 0 Å². The van der Waals surface area contributed by atoms with Gasteiger partial charge in [-0.25, -0.2) is 0 Å². The molecular weight excluding hydrogens is 278 g/mol. The van der Waals surface area contributed by atoms with Crippen LogP contribution in [0.2, 0.25) is 0 Å². The molecule has 0 unspecified atom stereocenters. The van der Waals surface area contributed by atoms with Crippen LogP contribution in [-0.2, 0) is 0 Å². The molecule has 0 aliphatic carbocycles. The standard InChI is InChI=1S/C18H12P2/c1-2-8-14-13(7-1)19-15-9-3-5-11-17(15)20(14)18-12-6-4-10-16(18)19/h1-12H/p+2. The van der Waals surface area contributed by atoms with E-state index in [9.17, 15) is 0 Å². The molecule has 3 aromatic rings. The van der Waals surface area contributed by atoms with E-state index in [0.29, 0.717) is 0 Å². The summed E-state index contributed by atoms with van der Waals surface area (Å²) in [6, 6.07) is 27.5. The Morgan fingerprint density at radius 2 is 0.550 bits per heavy atom. The largest absolute Gasteiger partial charge is 0.145 e. The summed E-state index contributed by atoms with van der Waals surface area (Å²) in [5.74, 6) is 0. The summed E-state index contributed by atoms with van der Waals surface area (Å²) >= 11 is 0. The van der Waals surface area contributed by atoms with Crippen molar-refractivity contribution < 1.29 is 0 Å². The predicted molar refractivity (Wildman–Crippen MR) is 93.8 cm³/mol. The van der Waals surface area contributed by atoms with Crippen molar-refractivity contribution in [3.63, 3.8) is 0 Å². The summed E-state index contributed by atoms with van der Waals surface area (Å²) < 4.78 is 0. The summed E-state index contributed by atoms with van der Waals surface area (Å²) in [6.45, 7) is 0. The zero-order valence-electron chi connectivity index (χ0n) is 10.9. The van der Waals surface area contributed by atoms with Gasteiger partial charge in [0.1, 0.15) is 47.7 Å². The molecule has 0 amide bonds. The molecule has 3 aliphatic rings. The number of rotatable bonds is 0. The van der Waals surface area contributed by atoms with Gasteiger partial charge in [0.25, 0.3) is 0 Å². The summed E-state index contributed by atoms with van der Waals surface area (Å²) in [7, 11) is -1.53. The molecule has 0 aromatic heterocycles. The number of hydrogen-bond acceptors (Lipinski definition) is 0. The molecule has 94 valence electrons. The Morgan fingerprint density at radius 1 is 0.350 bits per heavy atom. The minimum absolute atomic E-state index is 0.766. The van der Waals surface area contributed by atoms with E-state index in [1.54, 1.807) is 31.8 Å². The number of hydrogen-bond donors (Lipinski definition) is 0. The van der Waals surface area contributed by atoms with Gasteiger partial charge < -0.3 is 0 Å². The molecule has 0 saturated heterocycles. The lowest BCUT2D eigenvalue weighted by Gasteiger charge is -2.29. The third-order valence-corrected chi connectivity index (χ3v) is 11.0. The maximum Gasteiger partial charge on any atom is 0.145 e. The summed E-state index contributed by atoms with van der Waals surface area (Å²) in [5.41, 5.74) is 0. The zero-order valence-corrected chi connectivity index (χ0v) is 12.9. The fourth-order valence-electron chi connectivity index (χ4n) is 3.63. The second-order valence-electron chi connectivity index (χ2n) is 5.39. The van der Waals surface area contributed by atoms with Gasteiger partial charge in [0, 0.05) is 0 Å². The summed E-state index contributed by atoms with van der Waals surface area (Å²) in [5, 5.41) is 9.85. The molecule has 2 bridgehead atoms. The van der Waals surface area contributed by atoms with E-state index in [-0.39, 0.29) is 0 Å². The Kier molecular flexibility index (Phi) is 2.25. The quantitative estimate of drug-likeness (QED) is 0.377. The molecule has 0 spiro atoms. The first-order valence-corrected chi connectivity index (χ1v) is 9.98. The average Bonchev–Trinajstić information content (AvgIpc) is 2.54. The SMILES string of the molecule is c1ccc2c(c1)[PH+]1c3ccccc3[PH+]2c2ccccc21. The third-order valence-electron chi connectivity index (χ3n) is 4.40. The van der Waals surface area contributed by atoms with E-state index in [1.165, 1.54) is 0 Å². The zero-order chi connectivity index (χ0) is 13.1. The maximum absolute atomic E-state index is 2.38. The van der Waals surface area contributed by atoms with Gasteiger partial charge in [-0.1, -0.05) is 36.4 Å². The lowest BCUT2D eigenvalue weighted by molar-refractivity contribution is 1.75. The highest BCUT2D eigenvalue weighted by atomic mass is 31.1. The lowest BCUT2D eigenvalue weighted by Crippen LogP contribution is -2.53. The number of benzene rings is 3. The molecule has 0 radical (unpaired) electrons. The van der Waals surface area contributed by atoms with Crippen molar-refractivity contribution in [2.75, 3.05) is 0 Å². The van der Waals surface area contributed by atoms with E-state index in [0.717, 1.165) is 0 Å². The van der Waals surface area contributed by atoms with Gasteiger partial charge in [-0.15, -0.1) is 0 Å². The molecule has 0 N–H and O–H groups in total. The Labute approximate surface area is 121 Å². The van der Waals surface area contributed by atoms with Crippen LogP contribution in [0.15, 0.2) is 72.8 Å². The first-order valence-electron chi connectivity index (χ1n) is 6.98.